The van der Waals surface area contributed by atoms with Gasteiger partial charge in [0.1, 0.15) is 19.3 Å². The van der Waals surface area contributed by atoms with Crippen LogP contribution in [0.1, 0.15) is 389 Å². The molecule has 0 radical (unpaired) electrons. The minimum absolute atomic E-state index is 0.105. The van der Waals surface area contributed by atoms with Gasteiger partial charge in [0.15, 0.2) is 12.2 Å². The fourth-order valence-corrected chi connectivity index (χ4v) is 13.3. The fraction of sp³-hybridized carbons (Fsp3) is 0.948. The Morgan fingerprint density at radius 1 is 0.260 bits per heavy atom. The van der Waals surface area contributed by atoms with Crippen molar-refractivity contribution in [2.45, 2.75) is 408 Å². The van der Waals surface area contributed by atoms with Gasteiger partial charge in [0.25, 0.3) is 0 Å². The van der Waals surface area contributed by atoms with Gasteiger partial charge < -0.3 is 33.8 Å². The SMILES string of the molecule is CC(C)CCCCCCCCCCCCCCCCCCCCC(=O)O[C@H](COC(=O)CCCCCCCCCCCCC(C)C)COP(=O)(O)OC[C@@H](O)COP(=O)(O)OC[C@@H](COC(=O)CCCCCCCCC(C)C)OC(=O)CCCCCCCCCCCCC(C)C. The summed E-state index contributed by atoms with van der Waals surface area (Å²) in [7, 11) is -9.91. The zero-order chi connectivity index (χ0) is 71.0. The molecule has 0 spiro atoms. The van der Waals surface area contributed by atoms with Crippen LogP contribution in [0.4, 0.5) is 0 Å². The van der Waals surface area contributed by atoms with Crippen molar-refractivity contribution in [1.82, 2.24) is 0 Å². The number of aliphatic hydroxyl groups is 1. The first kappa shape index (κ1) is 94.1. The van der Waals surface area contributed by atoms with Gasteiger partial charge in [0.2, 0.25) is 0 Å². The molecular formula is C77H150O17P2. The lowest BCUT2D eigenvalue weighted by Gasteiger charge is -2.21. The van der Waals surface area contributed by atoms with Crippen LogP contribution in [0.5, 0.6) is 0 Å². The fourth-order valence-electron chi connectivity index (χ4n) is 11.7. The number of carbonyl (C=O) groups excluding carboxylic acids is 4. The van der Waals surface area contributed by atoms with Crippen LogP contribution in [0.3, 0.4) is 0 Å². The Bertz CT molecular complexity index is 1880. The zero-order valence-corrected chi connectivity index (χ0v) is 64.8. The van der Waals surface area contributed by atoms with Crippen molar-refractivity contribution in [3.63, 3.8) is 0 Å². The Kier molecular flexibility index (Phi) is 65.0. The number of unbranched alkanes of at least 4 members (excludes halogenated alkanes) is 40. The lowest BCUT2D eigenvalue weighted by Crippen LogP contribution is -2.30. The van der Waals surface area contributed by atoms with E-state index in [4.69, 9.17) is 37.0 Å². The molecule has 2 unspecified atom stereocenters. The van der Waals surface area contributed by atoms with E-state index >= 15 is 0 Å². The molecule has 0 aliphatic heterocycles. The second-order valence-corrected chi connectivity index (χ2v) is 32.6. The van der Waals surface area contributed by atoms with E-state index in [1.807, 2.05) is 0 Å². The maximum absolute atomic E-state index is 13.1. The van der Waals surface area contributed by atoms with Gasteiger partial charge >= 0.3 is 39.5 Å². The molecule has 0 saturated carbocycles. The number of hydrogen-bond donors (Lipinski definition) is 3. The molecule has 0 fully saturated rings. The molecule has 96 heavy (non-hydrogen) atoms. The Labute approximate surface area is 588 Å². The molecule has 0 aliphatic carbocycles. The third kappa shape index (κ3) is 70.5. The average molecular weight is 1410 g/mol. The first-order valence-electron chi connectivity index (χ1n) is 39.7. The monoisotopic (exact) mass is 1410 g/mol. The van der Waals surface area contributed by atoms with Crippen LogP contribution >= 0.6 is 15.6 Å². The molecule has 3 N–H and O–H groups in total. The standard InChI is InChI=1S/C77H150O17P2/c1-67(2)53-45-37-29-23-17-15-13-11-9-10-12-14-16-18-27-33-43-51-59-76(81)93-72(63-87-74(79)57-49-41-32-26-21-19-24-30-38-46-54-68(3)4)65-91-95(83,84)89-61-71(78)62-90-96(85,86)92-66-73(64-88-75(80)58-50-42-36-35-40-48-56-70(7)8)94-77(82)60-52-44-34-28-22-20-25-31-39-47-55-69(5)6/h67-73,78H,9-66H2,1-8H3,(H,83,84)(H,85,86)/t71-,72-,73-/m1/s1. The molecule has 0 saturated heterocycles. The molecule has 0 aromatic heterocycles. The predicted molar refractivity (Wildman–Crippen MR) is 391 cm³/mol. The highest BCUT2D eigenvalue weighted by atomic mass is 31.2. The number of rotatable bonds is 74. The van der Waals surface area contributed by atoms with Crippen LogP contribution in [-0.4, -0.2) is 96.7 Å². The van der Waals surface area contributed by atoms with E-state index in [1.165, 1.54) is 186 Å². The minimum atomic E-state index is -4.96. The molecule has 0 aromatic carbocycles. The van der Waals surface area contributed by atoms with E-state index in [9.17, 15) is 43.2 Å². The average Bonchev–Trinajstić information content (AvgIpc) is 1.74. The summed E-state index contributed by atoms with van der Waals surface area (Å²) in [4.78, 5) is 72.8. The van der Waals surface area contributed by atoms with Gasteiger partial charge in [0.05, 0.1) is 26.4 Å². The number of phosphoric acid groups is 2. The van der Waals surface area contributed by atoms with Gasteiger partial charge in [-0.3, -0.25) is 37.3 Å². The molecule has 17 nitrogen and oxygen atoms in total. The van der Waals surface area contributed by atoms with Crippen molar-refractivity contribution in [2.75, 3.05) is 39.6 Å². The molecule has 0 amide bonds. The van der Waals surface area contributed by atoms with Crippen LogP contribution in [0, 0.1) is 23.7 Å². The number of ether oxygens (including phenoxy) is 4. The van der Waals surface area contributed by atoms with Crippen molar-refractivity contribution in [3.8, 4) is 0 Å². The molecule has 570 valence electrons. The molecule has 5 atom stereocenters. The number of phosphoric ester groups is 2. The highest BCUT2D eigenvalue weighted by molar-refractivity contribution is 7.47. The third-order valence-electron chi connectivity index (χ3n) is 17.8. The highest BCUT2D eigenvalue weighted by Crippen LogP contribution is 2.45. The van der Waals surface area contributed by atoms with Crippen molar-refractivity contribution < 1.29 is 80.2 Å². The van der Waals surface area contributed by atoms with E-state index in [2.05, 4.69) is 55.4 Å². The minimum Gasteiger partial charge on any atom is -0.462 e. The molecule has 19 heteroatoms. The quantitative estimate of drug-likeness (QED) is 0.0222. The zero-order valence-electron chi connectivity index (χ0n) is 63.0. The number of aliphatic hydroxyl groups excluding tert-OH is 1. The summed E-state index contributed by atoms with van der Waals surface area (Å²) in [6, 6.07) is 0. The molecule has 0 heterocycles. The van der Waals surface area contributed by atoms with E-state index < -0.39 is 97.5 Å². The second-order valence-electron chi connectivity index (χ2n) is 29.7. The molecule has 0 bridgehead atoms. The summed E-state index contributed by atoms with van der Waals surface area (Å²) in [5.41, 5.74) is 0. The lowest BCUT2D eigenvalue weighted by molar-refractivity contribution is -0.161. The van der Waals surface area contributed by atoms with Crippen molar-refractivity contribution in [3.05, 3.63) is 0 Å². The Hall–Kier alpha value is -1.94. The first-order chi connectivity index (χ1) is 46.1. The normalized spacial score (nSPS) is 14.1. The van der Waals surface area contributed by atoms with E-state index in [1.54, 1.807) is 0 Å². The highest BCUT2D eigenvalue weighted by Gasteiger charge is 2.30. The van der Waals surface area contributed by atoms with Gasteiger partial charge in [-0.15, -0.1) is 0 Å². The van der Waals surface area contributed by atoms with Gasteiger partial charge in [-0.25, -0.2) is 9.13 Å². The van der Waals surface area contributed by atoms with E-state index in [0.717, 1.165) is 114 Å². The largest absolute Gasteiger partial charge is 0.472 e. The van der Waals surface area contributed by atoms with Gasteiger partial charge in [-0.05, 0) is 49.4 Å². The maximum Gasteiger partial charge on any atom is 0.472 e. The third-order valence-corrected chi connectivity index (χ3v) is 19.7. The van der Waals surface area contributed by atoms with Crippen LogP contribution < -0.4 is 0 Å². The first-order valence-corrected chi connectivity index (χ1v) is 42.7. The molecule has 0 rings (SSSR count). The van der Waals surface area contributed by atoms with Crippen LogP contribution in [-0.2, 0) is 65.4 Å². The van der Waals surface area contributed by atoms with Crippen LogP contribution in [0.25, 0.3) is 0 Å². The van der Waals surface area contributed by atoms with Crippen molar-refractivity contribution in [1.29, 1.82) is 0 Å². The number of carbonyl (C=O) groups is 4. The summed E-state index contributed by atoms with van der Waals surface area (Å²) in [5, 5.41) is 10.6. The van der Waals surface area contributed by atoms with Crippen LogP contribution in [0.15, 0.2) is 0 Å². The summed E-state index contributed by atoms with van der Waals surface area (Å²) >= 11 is 0. The number of hydrogen-bond acceptors (Lipinski definition) is 15. The second kappa shape index (κ2) is 66.3. The van der Waals surface area contributed by atoms with Gasteiger partial charge in [0, 0.05) is 25.7 Å². The van der Waals surface area contributed by atoms with Crippen LogP contribution in [0.2, 0.25) is 0 Å². The summed E-state index contributed by atoms with van der Waals surface area (Å²) in [6.07, 6.45) is 51.6. The molecule has 0 aliphatic rings. The Morgan fingerprint density at radius 2 is 0.438 bits per heavy atom. The van der Waals surface area contributed by atoms with E-state index in [-0.39, 0.29) is 25.7 Å². The summed E-state index contributed by atoms with van der Waals surface area (Å²) in [6.45, 7) is 14.1. The number of esters is 4. The van der Waals surface area contributed by atoms with Crippen molar-refractivity contribution in [2.24, 2.45) is 23.7 Å². The van der Waals surface area contributed by atoms with Gasteiger partial charge in [-0.1, -0.05) is 338 Å². The molecule has 0 aromatic rings. The maximum atomic E-state index is 13.1. The Morgan fingerprint density at radius 3 is 0.646 bits per heavy atom. The predicted octanol–water partition coefficient (Wildman–Crippen LogP) is 22.4. The van der Waals surface area contributed by atoms with Gasteiger partial charge in [-0.2, -0.15) is 0 Å². The Balaban J connectivity index is 5.20. The molecular weight excluding hydrogens is 1260 g/mol. The summed E-state index contributed by atoms with van der Waals surface area (Å²) < 4.78 is 68.5. The topological polar surface area (TPSA) is 237 Å². The summed E-state index contributed by atoms with van der Waals surface area (Å²) in [5.74, 6) is 0.888. The smallest absolute Gasteiger partial charge is 0.462 e. The lowest BCUT2D eigenvalue weighted by atomic mass is 10.0. The van der Waals surface area contributed by atoms with Crippen molar-refractivity contribution >= 4 is 39.5 Å². The van der Waals surface area contributed by atoms with E-state index in [0.29, 0.717) is 31.6 Å².